The summed E-state index contributed by atoms with van der Waals surface area (Å²) in [6, 6.07) is 5.48. The molecular weight excluding hydrogens is 385 g/mol. The van der Waals surface area contributed by atoms with Crippen molar-refractivity contribution in [2.24, 2.45) is 0 Å². The smallest absolute Gasteiger partial charge is 0.255 e. The van der Waals surface area contributed by atoms with Gasteiger partial charge in [0.05, 0.1) is 23.0 Å². The summed E-state index contributed by atoms with van der Waals surface area (Å²) in [5.41, 5.74) is 2.20. The van der Waals surface area contributed by atoms with Crippen LogP contribution in [-0.2, 0) is 4.79 Å². The lowest BCUT2D eigenvalue weighted by Gasteiger charge is -2.37. The Bertz CT molecular complexity index is 1140. The predicted molar refractivity (Wildman–Crippen MR) is 111 cm³/mol. The molecule has 1 fully saturated rings. The van der Waals surface area contributed by atoms with Crippen LogP contribution in [0.25, 0.3) is 22.2 Å². The van der Waals surface area contributed by atoms with Crippen LogP contribution < -0.4 is 0 Å². The van der Waals surface area contributed by atoms with Crippen LogP contribution in [0.5, 0.6) is 0 Å². The molecule has 2 amide bonds. The van der Waals surface area contributed by atoms with Gasteiger partial charge < -0.3 is 9.80 Å². The van der Waals surface area contributed by atoms with Gasteiger partial charge in [-0.25, -0.2) is 9.37 Å². The van der Waals surface area contributed by atoms with Crippen LogP contribution >= 0.6 is 0 Å². The second-order valence-electron chi connectivity index (χ2n) is 7.95. The molecule has 0 unspecified atom stereocenters. The minimum absolute atomic E-state index is 0.113. The van der Waals surface area contributed by atoms with Crippen LogP contribution in [-0.4, -0.2) is 62.6 Å². The fourth-order valence-electron chi connectivity index (χ4n) is 3.72. The first-order valence-electron chi connectivity index (χ1n) is 9.97. The van der Waals surface area contributed by atoms with Crippen molar-refractivity contribution in [3.8, 4) is 11.3 Å². The molecule has 3 aromatic rings. The molecular formula is C22H24FN5O2. The quantitative estimate of drug-likeness (QED) is 0.666. The van der Waals surface area contributed by atoms with E-state index in [-0.39, 0.29) is 17.9 Å². The number of aromatic nitrogens is 3. The molecule has 0 radical (unpaired) electrons. The third kappa shape index (κ3) is 3.42. The van der Waals surface area contributed by atoms with E-state index in [0.29, 0.717) is 35.2 Å². The van der Waals surface area contributed by atoms with E-state index >= 15 is 0 Å². The van der Waals surface area contributed by atoms with Gasteiger partial charge in [-0.05, 0) is 45.0 Å². The molecule has 0 saturated carbocycles. The van der Waals surface area contributed by atoms with Gasteiger partial charge in [0, 0.05) is 43.3 Å². The number of pyridine rings is 1. The maximum absolute atomic E-state index is 14.0. The number of amides is 2. The largest absolute Gasteiger partial charge is 0.342 e. The standard InChI is InChI=1S/C22H24FN5O2/c1-13(2)28-12-15(11-24-28)20-10-18(17-9-16(23)5-6-19(17)25-20)22(30)27-8-7-26(4)21(29)14(27)3/h5-6,9-14H,7-8H2,1-4H3/t14-/m0/s1. The Balaban J connectivity index is 1.83. The molecule has 30 heavy (non-hydrogen) atoms. The van der Waals surface area contributed by atoms with Crippen LogP contribution in [0.1, 0.15) is 37.2 Å². The van der Waals surface area contributed by atoms with Crippen molar-refractivity contribution in [2.75, 3.05) is 20.1 Å². The summed E-state index contributed by atoms with van der Waals surface area (Å²) < 4.78 is 15.8. The van der Waals surface area contributed by atoms with Crippen LogP contribution in [0.2, 0.25) is 0 Å². The van der Waals surface area contributed by atoms with Crippen molar-refractivity contribution >= 4 is 22.7 Å². The van der Waals surface area contributed by atoms with Gasteiger partial charge in [0.25, 0.3) is 5.91 Å². The van der Waals surface area contributed by atoms with Gasteiger partial charge in [0.15, 0.2) is 0 Å². The highest BCUT2D eigenvalue weighted by molar-refractivity contribution is 6.08. The molecule has 0 aliphatic carbocycles. The topological polar surface area (TPSA) is 71.3 Å². The zero-order valence-corrected chi connectivity index (χ0v) is 17.5. The first-order valence-corrected chi connectivity index (χ1v) is 9.97. The number of likely N-dealkylation sites (N-methyl/N-ethyl adjacent to an activating group) is 1. The van der Waals surface area contributed by atoms with Gasteiger partial charge in [0.1, 0.15) is 11.9 Å². The van der Waals surface area contributed by atoms with E-state index < -0.39 is 11.9 Å². The highest BCUT2D eigenvalue weighted by Gasteiger charge is 2.34. The lowest BCUT2D eigenvalue weighted by Crippen LogP contribution is -2.56. The molecule has 8 heteroatoms. The van der Waals surface area contributed by atoms with Crippen molar-refractivity contribution in [1.29, 1.82) is 0 Å². The third-order valence-electron chi connectivity index (χ3n) is 5.57. The molecule has 1 saturated heterocycles. The minimum atomic E-state index is -0.583. The molecule has 1 aliphatic rings. The van der Waals surface area contributed by atoms with Gasteiger partial charge in [-0.2, -0.15) is 5.10 Å². The Kier molecular flexibility index (Phi) is 5.01. The number of nitrogens with zero attached hydrogens (tertiary/aromatic N) is 5. The summed E-state index contributed by atoms with van der Waals surface area (Å²) in [7, 11) is 1.72. The summed E-state index contributed by atoms with van der Waals surface area (Å²) in [5, 5.41) is 4.78. The Hall–Kier alpha value is -3.29. The van der Waals surface area contributed by atoms with E-state index in [1.807, 2.05) is 24.7 Å². The molecule has 4 rings (SSSR count). The lowest BCUT2D eigenvalue weighted by molar-refractivity contribution is -0.137. The maximum Gasteiger partial charge on any atom is 0.255 e. The average molecular weight is 409 g/mol. The Morgan fingerprint density at radius 3 is 2.70 bits per heavy atom. The van der Waals surface area contributed by atoms with Crippen molar-refractivity contribution in [1.82, 2.24) is 24.6 Å². The van der Waals surface area contributed by atoms with Gasteiger partial charge in [-0.1, -0.05) is 0 Å². The predicted octanol–water partition coefficient (Wildman–Crippen LogP) is 3.12. The van der Waals surface area contributed by atoms with E-state index in [1.165, 1.54) is 12.1 Å². The molecule has 3 heterocycles. The van der Waals surface area contributed by atoms with Crippen molar-refractivity contribution in [3.05, 3.63) is 48.0 Å². The number of benzene rings is 1. The number of hydrogen-bond acceptors (Lipinski definition) is 4. The number of hydrogen-bond donors (Lipinski definition) is 0. The molecule has 0 bridgehead atoms. The summed E-state index contributed by atoms with van der Waals surface area (Å²) in [4.78, 5) is 33.6. The summed E-state index contributed by atoms with van der Waals surface area (Å²) >= 11 is 0. The van der Waals surface area contributed by atoms with Gasteiger partial charge in [0.2, 0.25) is 5.91 Å². The summed E-state index contributed by atoms with van der Waals surface area (Å²) in [6.07, 6.45) is 3.58. The molecule has 0 spiro atoms. The first-order chi connectivity index (χ1) is 14.3. The maximum atomic E-state index is 14.0. The summed E-state index contributed by atoms with van der Waals surface area (Å²) in [6.45, 7) is 6.64. The van der Waals surface area contributed by atoms with Crippen molar-refractivity contribution in [3.63, 3.8) is 0 Å². The minimum Gasteiger partial charge on any atom is -0.342 e. The highest BCUT2D eigenvalue weighted by Crippen LogP contribution is 2.28. The molecule has 0 N–H and O–H groups in total. The molecule has 1 atom stereocenters. The SMILES string of the molecule is CC(C)n1cc(-c2cc(C(=O)N3CCN(C)C(=O)[C@@H]3C)c3cc(F)ccc3n2)cn1. The van der Waals surface area contributed by atoms with E-state index in [2.05, 4.69) is 10.1 Å². The van der Waals surface area contributed by atoms with Crippen LogP contribution in [0.15, 0.2) is 36.7 Å². The molecule has 1 aliphatic heterocycles. The van der Waals surface area contributed by atoms with Gasteiger partial charge in [-0.3, -0.25) is 14.3 Å². The molecule has 156 valence electrons. The van der Waals surface area contributed by atoms with E-state index in [9.17, 15) is 14.0 Å². The van der Waals surface area contributed by atoms with E-state index in [4.69, 9.17) is 0 Å². The molecule has 2 aromatic heterocycles. The second-order valence-corrected chi connectivity index (χ2v) is 7.95. The number of piperazine rings is 1. The Morgan fingerprint density at radius 2 is 2.00 bits per heavy atom. The Morgan fingerprint density at radius 1 is 1.23 bits per heavy atom. The van der Waals surface area contributed by atoms with Crippen LogP contribution in [0.4, 0.5) is 4.39 Å². The van der Waals surface area contributed by atoms with Crippen molar-refractivity contribution < 1.29 is 14.0 Å². The van der Waals surface area contributed by atoms with E-state index in [1.54, 1.807) is 42.1 Å². The van der Waals surface area contributed by atoms with E-state index in [0.717, 1.165) is 5.56 Å². The van der Waals surface area contributed by atoms with Gasteiger partial charge >= 0.3 is 0 Å². The lowest BCUT2D eigenvalue weighted by atomic mass is 10.0. The number of halogens is 1. The average Bonchev–Trinajstić information content (AvgIpc) is 3.22. The fourth-order valence-corrected chi connectivity index (χ4v) is 3.72. The number of carbonyl (C=O) groups is 2. The molecule has 1 aromatic carbocycles. The fraction of sp³-hybridized carbons (Fsp3) is 0.364. The number of fused-ring (bicyclic) bond motifs is 1. The monoisotopic (exact) mass is 409 g/mol. The van der Waals surface area contributed by atoms with Crippen molar-refractivity contribution in [2.45, 2.75) is 32.9 Å². The van der Waals surface area contributed by atoms with Gasteiger partial charge in [-0.15, -0.1) is 0 Å². The van der Waals surface area contributed by atoms with Crippen LogP contribution in [0, 0.1) is 5.82 Å². The molecule has 7 nitrogen and oxygen atoms in total. The number of carbonyl (C=O) groups excluding carboxylic acids is 2. The second kappa shape index (κ2) is 7.51. The Labute approximate surface area is 174 Å². The zero-order valence-electron chi connectivity index (χ0n) is 17.5. The third-order valence-corrected chi connectivity index (χ3v) is 5.57. The highest BCUT2D eigenvalue weighted by atomic mass is 19.1. The normalized spacial score (nSPS) is 17.3. The summed E-state index contributed by atoms with van der Waals surface area (Å²) in [5.74, 6) is -0.863. The number of rotatable bonds is 3. The first kappa shape index (κ1) is 20.0. The van der Waals surface area contributed by atoms with Crippen LogP contribution in [0.3, 0.4) is 0 Å². The zero-order chi connectivity index (χ0) is 21.6.